The zero-order valence-corrected chi connectivity index (χ0v) is 23.0. The largest absolute Gasteiger partial charge is 0.479 e. The Hall–Kier alpha value is -3.33. The number of benzene rings is 2. The van der Waals surface area contributed by atoms with Crippen LogP contribution in [0.1, 0.15) is 43.7 Å². The second kappa shape index (κ2) is 9.20. The fraction of sp³-hybridized carbons (Fsp3) is 0.286. The van der Waals surface area contributed by atoms with Crippen molar-refractivity contribution in [1.29, 1.82) is 0 Å². The van der Waals surface area contributed by atoms with Crippen molar-refractivity contribution in [3.05, 3.63) is 64.3 Å². The van der Waals surface area contributed by atoms with Gasteiger partial charge in [-0.2, -0.15) is 5.10 Å². The van der Waals surface area contributed by atoms with Crippen LogP contribution in [0, 0.1) is 13.8 Å². The summed E-state index contributed by atoms with van der Waals surface area (Å²) in [5.74, 6) is -1.04. The summed E-state index contributed by atoms with van der Waals surface area (Å²) in [6.45, 7) is 9.45. The van der Waals surface area contributed by atoms with Gasteiger partial charge in [-0.05, 0) is 76.1 Å². The molecule has 0 aliphatic rings. The number of thiazole rings is 1. The Balaban J connectivity index is 1.78. The number of aliphatic carboxylic acids is 1. The summed E-state index contributed by atoms with van der Waals surface area (Å²) >= 11 is 7.68. The van der Waals surface area contributed by atoms with Crippen LogP contribution in [-0.4, -0.2) is 36.4 Å². The van der Waals surface area contributed by atoms with Crippen LogP contribution < -0.4 is 0 Å². The number of carboxylic acids is 1. The molecule has 3 aromatic heterocycles. The Bertz CT molecular complexity index is 1670. The SMILES string of the molecule is Cc1cc2nc(-c3ccc4nn(C)c(C)c4n3)sc2c(-c2ccc(Cl)cc2)c1C(OC(C)(C)C)C(=O)O. The van der Waals surface area contributed by atoms with E-state index in [9.17, 15) is 9.90 Å². The highest BCUT2D eigenvalue weighted by Crippen LogP contribution is 2.44. The van der Waals surface area contributed by atoms with Gasteiger partial charge in [0.1, 0.15) is 16.0 Å². The molecular formula is C28H27ClN4O3S. The predicted molar refractivity (Wildman–Crippen MR) is 148 cm³/mol. The van der Waals surface area contributed by atoms with Gasteiger partial charge in [0.15, 0.2) is 6.10 Å². The van der Waals surface area contributed by atoms with Crippen molar-refractivity contribution in [2.75, 3.05) is 0 Å². The van der Waals surface area contributed by atoms with Gasteiger partial charge in [0.25, 0.3) is 0 Å². The van der Waals surface area contributed by atoms with E-state index in [1.165, 1.54) is 11.3 Å². The molecule has 0 radical (unpaired) electrons. The van der Waals surface area contributed by atoms with E-state index in [2.05, 4.69) is 5.10 Å². The van der Waals surface area contributed by atoms with E-state index in [1.807, 2.05) is 76.7 Å². The Morgan fingerprint density at radius 3 is 2.43 bits per heavy atom. The van der Waals surface area contributed by atoms with Gasteiger partial charge in [-0.1, -0.05) is 23.7 Å². The molecule has 190 valence electrons. The molecule has 0 spiro atoms. The quantitative estimate of drug-likeness (QED) is 0.258. The highest BCUT2D eigenvalue weighted by Gasteiger charge is 2.32. The summed E-state index contributed by atoms with van der Waals surface area (Å²) < 4.78 is 8.77. The second-order valence-corrected chi connectivity index (χ2v) is 11.5. The molecule has 0 bridgehead atoms. The van der Waals surface area contributed by atoms with E-state index in [0.29, 0.717) is 10.6 Å². The third-order valence-electron chi connectivity index (χ3n) is 6.20. The first-order chi connectivity index (χ1) is 17.4. The van der Waals surface area contributed by atoms with E-state index >= 15 is 0 Å². The lowest BCUT2D eigenvalue weighted by Gasteiger charge is -2.28. The molecule has 1 unspecified atom stereocenters. The molecule has 0 aliphatic carbocycles. The topological polar surface area (TPSA) is 90.1 Å². The number of hydrogen-bond acceptors (Lipinski definition) is 6. The average Bonchev–Trinajstić information content (AvgIpc) is 3.37. The second-order valence-electron chi connectivity index (χ2n) is 10.1. The van der Waals surface area contributed by atoms with Gasteiger partial charge in [-0.25, -0.2) is 14.8 Å². The van der Waals surface area contributed by atoms with Gasteiger partial charge in [0, 0.05) is 23.2 Å². The molecule has 2 aromatic carbocycles. The Kier molecular flexibility index (Phi) is 6.30. The molecule has 3 heterocycles. The van der Waals surface area contributed by atoms with Gasteiger partial charge in [0.05, 0.1) is 27.2 Å². The van der Waals surface area contributed by atoms with Gasteiger partial charge >= 0.3 is 5.97 Å². The fourth-order valence-electron chi connectivity index (χ4n) is 4.46. The van der Waals surface area contributed by atoms with Gasteiger partial charge in [0.2, 0.25) is 0 Å². The molecule has 1 atom stereocenters. The molecule has 0 amide bonds. The molecule has 7 nitrogen and oxygen atoms in total. The minimum absolute atomic E-state index is 0.601. The number of nitrogens with zero attached hydrogens (tertiary/aromatic N) is 4. The summed E-state index contributed by atoms with van der Waals surface area (Å²) in [5, 5.41) is 16.1. The maximum Gasteiger partial charge on any atom is 0.337 e. The monoisotopic (exact) mass is 534 g/mol. The normalized spacial score (nSPS) is 12.9. The zero-order chi connectivity index (χ0) is 26.6. The molecule has 0 fully saturated rings. The van der Waals surface area contributed by atoms with Crippen molar-refractivity contribution in [3.63, 3.8) is 0 Å². The Morgan fingerprint density at radius 2 is 1.78 bits per heavy atom. The number of pyridine rings is 1. The zero-order valence-electron chi connectivity index (χ0n) is 21.5. The third kappa shape index (κ3) is 4.72. The number of fused-ring (bicyclic) bond motifs is 2. The minimum atomic E-state index is -1.16. The van der Waals surface area contributed by atoms with Crippen LogP contribution in [0.5, 0.6) is 0 Å². The van der Waals surface area contributed by atoms with Gasteiger partial charge in [-0.15, -0.1) is 11.3 Å². The Labute approximate surface area is 223 Å². The molecule has 9 heteroatoms. The molecule has 1 N–H and O–H groups in total. The van der Waals surface area contributed by atoms with Crippen molar-refractivity contribution in [1.82, 2.24) is 19.7 Å². The molecular weight excluding hydrogens is 508 g/mol. The van der Waals surface area contributed by atoms with Crippen molar-refractivity contribution in [2.24, 2.45) is 7.05 Å². The van der Waals surface area contributed by atoms with Gasteiger partial charge in [-0.3, -0.25) is 4.68 Å². The average molecular weight is 535 g/mol. The molecule has 5 rings (SSSR count). The predicted octanol–water partition coefficient (Wildman–Crippen LogP) is 7.12. The van der Waals surface area contributed by atoms with E-state index in [-0.39, 0.29) is 0 Å². The summed E-state index contributed by atoms with van der Waals surface area (Å²) in [6.07, 6.45) is -1.16. The van der Waals surface area contributed by atoms with Crippen molar-refractivity contribution in [3.8, 4) is 21.8 Å². The van der Waals surface area contributed by atoms with Crippen LogP contribution in [0.15, 0.2) is 42.5 Å². The number of aromatic nitrogens is 4. The smallest absolute Gasteiger partial charge is 0.337 e. The first-order valence-corrected chi connectivity index (χ1v) is 13.0. The summed E-state index contributed by atoms with van der Waals surface area (Å²) in [4.78, 5) is 22.3. The number of ether oxygens (including phenoxy) is 1. The summed E-state index contributed by atoms with van der Waals surface area (Å²) in [6, 6.07) is 13.2. The maximum atomic E-state index is 12.5. The third-order valence-corrected chi connectivity index (χ3v) is 7.56. The number of rotatable bonds is 5. The van der Waals surface area contributed by atoms with Crippen molar-refractivity contribution < 1.29 is 14.6 Å². The first kappa shape index (κ1) is 25.3. The first-order valence-electron chi connectivity index (χ1n) is 11.8. The van der Waals surface area contributed by atoms with Crippen LogP contribution in [-0.2, 0) is 16.6 Å². The lowest BCUT2D eigenvalue weighted by Crippen LogP contribution is -2.28. The summed E-state index contributed by atoms with van der Waals surface area (Å²) in [7, 11) is 1.90. The number of aryl methyl sites for hydroxylation is 3. The summed E-state index contributed by atoms with van der Waals surface area (Å²) in [5.41, 5.74) is 6.51. The molecule has 37 heavy (non-hydrogen) atoms. The number of carboxylic acid groups (broad SMARTS) is 1. The Morgan fingerprint density at radius 1 is 1.08 bits per heavy atom. The van der Waals surface area contributed by atoms with Crippen LogP contribution in [0.25, 0.3) is 43.1 Å². The number of hydrogen-bond donors (Lipinski definition) is 1. The van der Waals surface area contributed by atoms with Crippen molar-refractivity contribution >= 4 is 50.2 Å². The molecule has 0 saturated carbocycles. The lowest BCUT2D eigenvalue weighted by molar-refractivity contribution is -0.160. The molecule has 0 aliphatic heterocycles. The van der Waals surface area contributed by atoms with E-state index < -0.39 is 17.7 Å². The highest BCUT2D eigenvalue weighted by molar-refractivity contribution is 7.22. The van der Waals surface area contributed by atoms with E-state index in [4.69, 9.17) is 26.3 Å². The molecule has 0 saturated heterocycles. The van der Waals surface area contributed by atoms with Crippen LogP contribution in [0.3, 0.4) is 0 Å². The lowest BCUT2D eigenvalue weighted by atomic mass is 9.91. The standard InChI is InChI=1S/C28H27ClN4O3S/c1-14-13-20-25(37-26(31-20)19-12-11-18-23(30-19)15(2)33(6)32-18)22(16-7-9-17(29)10-8-16)21(14)24(27(34)35)36-28(3,4)5/h7-13,24H,1-6H3,(H,34,35). The minimum Gasteiger partial charge on any atom is -0.479 e. The van der Waals surface area contributed by atoms with Crippen LogP contribution >= 0.6 is 22.9 Å². The van der Waals surface area contributed by atoms with Gasteiger partial charge < -0.3 is 9.84 Å². The van der Waals surface area contributed by atoms with E-state index in [1.54, 1.807) is 12.1 Å². The number of halogens is 1. The number of carbonyl (C=O) groups is 1. The van der Waals surface area contributed by atoms with Crippen molar-refractivity contribution in [2.45, 2.75) is 46.3 Å². The highest BCUT2D eigenvalue weighted by atomic mass is 35.5. The fourth-order valence-corrected chi connectivity index (χ4v) is 5.68. The van der Waals surface area contributed by atoms with Crippen LogP contribution in [0.4, 0.5) is 0 Å². The maximum absolute atomic E-state index is 12.5. The van der Waals surface area contributed by atoms with E-state index in [0.717, 1.165) is 54.3 Å². The van der Waals surface area contributed by atoms with Crippen LogP contribution in [0.2, 0.25) is 5.02 Å². The molecule has 5 aromatic rings.